The standard InChI is InChI=1S/C8H2F9NO/c9-2-4(3(10)6(12)18-5(2)11)19-1-7(13,14)8(15,16)17/h1H2. The van der Waals surface area contributed by atoms with Crippen molar-refractivity contribution in [3.8, 4) is 5.75 Å². The van der Waals surface area contributed by atoms with E-state index in [-0.39, 0.29) is 0 Å². The Labute approximate surface area is 98.3 Å². The average molecular weight is 299 g/mol. The number of alkyl halides is 5. The minimum absolute atomic E-state index is 2.05. The van der Waals surface area contributed by atoms with Crippen molar-refractivity contribution in [3.63, 3.8) is 0 Å². The number of halogens is 9. The Morgan fingerprint density at radius 3 is 1.63 bits per heavy atom. The summed E-state index contributed by atoms with van der Waals surface area (Å²) in [6.07, 6.45) is -6.05. The van der Waals surface area contributed by atoms with Gasteiger partial charge in [0, 0.05) is 0 Å². The maximum absolute atomic E-state index is 12.8. The number of pyridine rings is 1. The molecular formula is C8H2F9NO. The summed E-state index contributed by atoms with van der Waals surface area (Å²) in [6.45, 7) is -2.55. The summed E-state index contributed by atoms with van der Waals surface area (Å²) in [5.41, 5.74) is 0. The first kappa shape index (κ1) is 15.4. The Balaban J connectivity index is 3.02. The maximum Gasteiger partial charge on any atom is 0.456 e. The maximum atomic E-state index is 12.8. The van der Waals surface area contributed by atoms with Crippen LogP contribution in [0.3, 0.4) is 0 Å². The van der Waals surface area contributed by atoms with Gasteiger partial charge in [0.05, 0.1) is 0 Å². The largest absolute Gasteiger partial charge is 0.481 e. The van der Waals surface area contributed by atoms with Gasteiger partial charge in [-0.1, -0.05) is 0 Å². The van der Waals surface area contributed by atoms with Crippen LogP contribution in [-0.4, -0.2) is 23.7 Å². The van der Waals surface area contributed by atoms with Gasteiger partial charge in [0.15, 0.2) is 6.61 Å². The van der Waals surface area contributed by atoms with Crippen LogP contribution in [-0.2, 0) is 0 Å². The fraction of sp³-hybridized carbons (Fsp3) is 0.375. The molecule has 0 aromatic carbocycles. The summed E-state index contributed by atoms with van der Waals surface area (Å²) < 4.78 is 114. The molecule has 11 heteroatoms. The number of hydrogen-bond acceptors (Lipinski definition) is 2. The van der Waals surface area contributed by atoms with Crippen LogP contribution in [0.2, 0.25) is 0 Å². The zero-order chi connectivity index (χ0) is 15.0. The Morgan fingerprint density at radius 1 is 0.842 bits per heavy atom. The summed E-state index contributed by atoms with van der Waals surface area (Å²) in [5, 5.41) is 0. The second-order valence-corrected chi connectivity index (χ2v) is 3.14. The van der Waals surface area contributed by atoms with Crippen LogP contribution in [0, 0.1) is 23.5 Å². The lowest BCUT2D eigenvalue weighted by molar-refractivity contribution is -0.290. The van der Waals surface area contributed by atoms with E-state index in [2.05, 4.69) is 9.72 Å². The molecule has 0 unspecified atom stereocenters. The van der Waals surface area contributed by atoms with E-state index in [1.165, 1.54) is 0 Å². The monoisotopic (exact) mass is 299 g/mol. The smallest absolute Gasteiger partial charge is 0.456 e. The van der Waals surface area contributed by atoms with Gasteiger partial charge in [-0.2, -0.15) is 44.5 Å². The molecule has 0 spiro atoms. The molecule has 1 rings (SSSR count). The molecule has 0 saturated carbocycles. The van der Waals surface area contributed by atoms with E-state index in [4.69, 9.17) is 0 Å². The fourth-order valence-electron chi connectivity index (χ4n) is 0.839. The molecule has 1 aromatic heterocycles. The second kappa shape index (κ2) is 4.78. The van der Waals surface area contributed by atoms with E-state index in [9.17, 15) is 39.5 Å². The van der Waals surface area contributed by atoms with Gasteiger partial charge >= 0.3 is 12.1 Å². The third-order valence-corrected chi connectivity index (χ3v) is 1.77. The lowest BCUT2D eigenvalue weighted by atomic mass is 10.3. The summed E-state index contributed by atoms with van der Waals surface area (Å²) in [4.78, 5) is 2.05. The first-order valence-corrected chi connectivity index (χ1v) is 4.24. The molecule has 0 atom stereocenters. The topological polar surface area (TPSA) is 22.1 Å². The molecule has 0 amide bonds. The Kier molecular flexibility index (Phi) is 3.87. The van der Waals surface area contributed by atoms with E-state index in [1.54, 1.807) is 0 Å². The van der Waals surface area contributed by atoms with Gasteiger partial charge in [-0.3, -0.25) is 0 Å². The first-order chi connectivity index (χ1) is 8.47. The Bertz CT molecular complexity index is 458. The predicted molar refractivity (Wildman–Crippen MR) is 40.6 cm³/mol. The summed E-state index contributed by atoms with van der Waals surface area (Å²) in [7, 11) is 0. The van der Waals surface area contributed by atoms with Crippen LogP contribution < -0.4 is 4.74 Å². The Hall–Kier alpha value is -1.68. The van der Waals surface area contributed by atoms with E-state index in [1.807, 2.05) is 0 Å². The number of nitrogens with zero attached hydrogens (tertiary/aromatic N) is 1. The molecule has 0 saturated heterocycles. The lowest BCUT2D eigenvalue weighted by Crippen LogP contribution is -2.42. The predicted octanol–water partition coefficient (Wildman–Crippen LogP) is 3.21. The normalized spacial score (nSPS) is 12.7. The van der Waals surface area contributed by atoms with Crippen molar-refractivity contribution in [3.05, 3.63) is 23.5 Å². The van der Waals surface area contributed by atoms with Crippen LogP contribution >= 0.6 is 0 Å². The van der Waals surface area contributed by atoms with Crippen molar-refractivity contribution in [2.75, 3.05) is 6.61 Å². The van der Waals surface area contributed by atoms with Crippen LogP contribution in [0.15, 0.2) is 0 Å². The molecule has 19 heavy (non-hydrogen) atoms. The average Bonchev–Trinajstić information content (AvgIpc) is 2.25. The van der Waals surface area contributed by atoms with Crippen molar-refractivity contribution in [1.29, 1.82) is 0 Å². The van der Waals surface area contributed by atoms with E-state index in [0.29, 0.717) is 0 Å². The highest BCUT2D eigenvalue weighted by atomic mass is 19.4. The number of rotatable bonds is 3. The minimum Gasteiger partial charge on any atom is -0.481 e. The van der Waals surface area contributed by atoms with Gasteiger partial charge in [-0.05, 0) is 0 Å². The molecule has 0 aliphatic heterocycles. The minimum atomic E-state index is -6.05. The van der Waals surface area contributed by atoms with Crippen molar-refractivity contribution >= 4 is 0 Å². The molecule has 1 aromatic rings. The molecule has 0 fully saturated rings. The molecule has 108 valence electrons. The highest BCUT2D eigenvalue weighted by Crippen LogP contribution is 2.36. The first-order valence-electron chi connectivity index (χ1n) is 4.24. The number of aromatic nitrogens is 1. The van der Waals surface area contributed by atoms with E-state index >= 15 is 0 Å². The van der Waals surface area contributed by atoms with E-state index < -0.39 is 48.0 Å². The lowest BCUT2D eigenvalue weighted by Gasteiger charge is -2.20. The summed E-state index contributed by atoms with van der Waals surface area (Å²) >= 11 is 0. The zero-order valence-electron chi connectivity index (χ0n) is 8.46. The second-order valence-electron chi connectivity index (χ2n) is 3.14. The van der Waals surface area contributed by atoms with Crippen molar-refractivity contribution in [1.82, 2.24) is 4.98 Å². The summed E-state index contributed by atoms with van der Waals surface area (Å²) in [5.74, 6) is -16.6. The molecule has 0 bridgehead atoms. The third-order valence-electron chi connectivity index (χ3n) is 1.77. The van der Waals surface area contributed by atoms with Crippen LogP contribution in [0.4, 0.5) is 39.5 Å². The van der Waals surface area contributed by atoms with Crippen LogP contribution in [0.5, 0.6) is 5.75 Å². The highest BCUT2D eigenvalue weighted by molar-refractivity contribution is 5.24. The van der Waals surface area contributed by atoms with Gasteiger partial charge in [-0.15, -0.1) is 0 Å². The molecule has 0 radical (unpaired) electrons. The van der Waals surface area contributed by atoms with Gasteiger partial charge in [0.25, 0.3) is 11.9 Å². The SMILES string of the molecule is Fc1nc(F)c(F)c(OCC(F)(F)C(F)(F)F)c1F. The molecule has 1 heterocycles. The van der Waals surface area contributed by atoms with Gasteiger partial charge in [0.2, 0.25) is 17.4 Å². The van der Waals surface area contributed by atoms with Crippen LogP contribution in [0.25, 0.3) is 0 Å². The number of hydrogen-bond donors (Lipinski definition) is 0. The Morgan fingerprint density at radius 2 is 1.26 bits per heavy atom. The zero-order valence-corrected chi connectivity index (χ0v) is 8.46. The molecule has 0 aliphatic rings. The molecular weight excluding hydrogens is 297 g/mol. The third kappa shape index (κ3) is 3.01. The molecule has 0 N–H and O–H groups in total. The summed E-state index contributed by atoms with van der Waals surface area (Å²) in [6, 6.07) is 0. The van der Waals surface area contributed by atoms with Crippen molar-refractivity contribution < 1.29 is 44.3 Å². The highest BCUT2D eigenvalue weighted by Gasteiger charge is 2.58. The molecule has 0 aliphatic carbocycles. The number of ether oxygens (including phenoxy) is 1. The van der Waals surface area contributed by atoms with Gasteiger partial charge in [-0.25, -0.2) is 0 Å². The van der Waals surface area contributed by atoms with Crippen molar-refractivity contribution in [2.45, 2.75) is 12.1 Å². The van der Waals surface area contributed by atoms with E-state index in [0.717, 1.165) is 0 Å². The fourth-order valence-corrected chi connectivity index (χ4v) is 0.839. The van der Waals surface area contributed by atoms with Gasteiger partial charge < -0.3 is 4.74 Å². The van der Waals surface area contributed by atoms with Crippen LogP contribution in [0.1, 0.15) is 0 Å². The quantitative estimate of drug-likeness (QED) is 0.631. The van der Waals surface area contributed by atoms with Gasteiger partial charge in [0.1, 0.15) is 0 Å². The molecule has 2 nitrogen and oxygen atoms in total. The van der Waals surface area contributed by atoms with Crippen molar-refractivity contribution in [2.24, 2.45) is 0 Å².